The lowest BCUT2D eigenvalue weighted by Gasteiger charge is -2.41. The Labute approximate surface area is 88.2 Å². The number of hydrogen-bond donors (Lipinski definition) is 1. The largest absolute Gasteiger partial charge is 0.313 e. The van der Waals surface area contributed by atoms with Crippen LogP contribution in [0.4, 0.5) is 4.39 Å². The van der Waals surface area contributed by atoms with E-state index < -0.39 is 0 Å². The van der Waals surface area contributed by atoms with Gasteiger partial charge in [-0.15, -0.1) is 0 Å². The van der Waals surface area contributed by atoms with Crippen LogP contribution in [0.3, 0.4) is 0 Å². The fraction of sp³-hybridized carbons (Fsp3) is 0.417. The zero-order valence-electron chi connectivity index (χ0n) is 8.41. The van der Waals surface area contributed by atoms with E-state index in [1.807, 2.05) is 0 Å². The molecule has 1 N–H and O–H groups in total. The number of rotatable bonds is 1. The zero-order valence-corrected chi connectivity index (χ0v) is 8.41. The van der Waals surface area contributed by atoms with Crippen LogP contribution in [0.2, 0.25) is 0 Å². The Balaban J connectivity index is 1.88. The van der Waals surface area contributed by atoms with E-state index in [0.717, 1.165) is 30.9 Å². The lowest BCUT2D eigenvalue weighted by molar-refractivity contribution is 0.230. The van der Waals surface area contributed by atoms with E-state index in [9.17, 15) is 4.39 Å². The minimum atomic E-state index is -0.253. The third-order valence-electron chi connectivity index (χ3n) is 3.39. The first-order valence-corrected chi connectivity index (χ1v) is 5.36. The lowest BCUT2D eigenvalue weighted by Crippen LogP contribution is -2.53. The van der Waals surface area contributed by atoms with Gasteiger partial charge < -0.3 is 5.32 Å². The standard InChI is InChI=1S/C12H13FN2/c13-11-3-10(5-14-7-11)8-1-2-9-6-15-12(9)4-8/h1,3,5,7,9,12,15H,2,4,6H2/t9-,12-/m1/s1. The van der Waals surface area contributed by atoms with Crippen LogP contribution in [0.5, 0.6) is 0 Å². The molecule has 78 valence electrons. The number of pyridine rings is 1. The molecule has 1 aromatic heterocycles. The van der Waals surface area contributed by atoms with Gasteiger partial charge in [0.25, 0.3) is 0 Å². The summed E-state index contributed by atoms with van der Waals surface area (Å²) < 4.78 is 13.0. The maximum Gasteiger partial charge on any atom is 0.142 e. The molecular weight excluding hydrogens is 191 g/mol. The molecule has 1 fully saturated rings. The van der Waals surface area contributed by atoms with Crippen LogP contribution < -0.4 is 5.32 Å². The number of aromatic nitrogens is 1. The van der Waals surface area contributed by atoms with E-state index in [1.165, 1.54) is 11.8 Å². The first kappa shape index (κ1) is 9.04. The molecule has 0 radical (unpaired) electrons. The molecule has 3 heteroatoms. The molecule has 15 heavy (non-hydrogen) atoms. The van der Waals surface area contributed by atoms with Crippen molar-refractivity contribution in [1.29, 1.82) is 0 Å². The monoisotopic (exact) mass is 204 g/mol. The number of nitrogens with zero attached hydrogens (tertiary/aromatic N) is 1. The molecule has 0 saturated carbocycles. The highest BCUT2D eigenvalue weighted by molar-refractivity contribution is 5.66. The molecule has 1 aliphatic heterocycles. The van der Waals surface area contributed by atoms with Crippen molar-refractivity contribution in [3.8, 4) is 0 Å². The van der Waals surface area contributed by atoms with Gasteiger partial charge in [0, 0.05) is 18.8 Å². The first-order chi connectivity index (χ1) is 7.33. The van der Waals surface area contributed by atoms with Crippen molar-refractivity contribution in [2.24, 2.45) is 5.92 Å². The third kappa shape index (κ3) is 1.57. The summed E-state index contributed by atoms with van der Waals surface area (Å²) in [4.78, 5) is 3.89. The van der Waals surface area contributed by atoms with Crippen LogP contribution in [0.1, 0.15) is 18.4 Å². The summed E-state index contributed by atoms with van der Waals surface area (Å²) in [7, 11) is 0. The zero-order chi connectivity index (χ0) is 10.3. The van der Waals surface area contributed by atoms with E-state index in [4.69, 9.17) is 0 Å². The van der Waals surface area contributed by atoms with Crippen molar-refractivity contribution >= 4 is 5.57 Å². The Hall–Kier alpha value is -1.22. The quantitative estimate of drug-likeness (QED) is 0.756. The Morgan fingerprint density at radius 2 is 2.33 bits per heavy atom. The highest BCUT2D eigenvalue weighted by atomic mass is 19.1. The topological polar surface area (TPSA) is 24.9 Å². The predicted molar refractivity (Wildman–Crippen MR) is 56.7 cm³/mol. The maximum absolute atomic E-state index is 13.0. The van der Waals surface area contributed by atoms with Gasteiger partial charge in [-0.1, -0.05) is 6.08 Å². The number of fused-ring (bicyclic) bond motifs is 1. The minimum absolute atomic E-state index is 0.253. The fourth-order valence-electron chi connectivity index (χ4n) is 2.37. The van der Waals surface area contributed by atoms with Gasteiger partial charge in [-0.2, -0.15) is 0 Å². The second-order valence-corrected chi connectivity index (χ2v) is 4.34. The summed E-state index contributed by atoms with van der Waals surface area (Å²) >= 11 is 0. The van der Waals surface area contributed by atoms with E-state index in [0.29, 0.717) is 6.04 Å². The SMILES string of the molecule is Fc1cncc(C2=CC[C@@H]3CN[C@@H]3C2)c1. The Morgan fingerprint density at radius 1 is 1.40 bits per heavy atom. The van der Waals surface area contributed by atoms with Crippen LogP contribution in [-0.4, -0.2) is 17.6 Å². The minimum Gasteiger partial charge on any atom is -0.313 e. The Kier molecular flexibility index (Phi) is 2.06. The van der Waals surface area contributed by atoms with Gasteiger partial charge in [-0.05, 0) is 36.0 Å². The van der Waals surface area contributed by atoms with Crippen LogP contribution in [0.15, 0.2) is 24.5 Å². The van der Waals surface area contributed by atoms with Gasteiger partial charge in [-0.25, -0.2) is 4.39 Å². The molecule has 0 unspecified atom stereocenters. The molecule has 1 aromatic rings. The van der Waals surface area contributed by atoms with Crippen LogP contribution in [0.25, 0.3) is 5.57 Å². The highest BCUT2D eigenvalue weighted by Gasteiger charge is 2.32. The van der Waals surface area contributed by atoms with E-state index in [1.54, 1.807) is 12.3 Å². The highest BCUT2D eigenvalue weighted by Crippen LogP contribution is 2.34. The van der Waals surface area contributed by atoms with Gasteiger partial charge >= 0.3 is 0 Å². The summed E-state index contributed by atoms with van der Waals surface area (Å²) in [5.74, 6) is 0.548. The second-order valence-electron chi connectivity index (χ2n) is 4.34. The van der Waals surface area contributed by atoms with E-state index >= 15 is 0 Å². The molecule has 1 saturated heterocycles. The predicted octanol–water partition coefficient (Wildman–Crippen LogP) is 1.99. The van der Waals surface area contributed by atoms with Crippen LogP contribution >= 0.6 is 0 Å². The lowest BCUT2D eigenvalue weighted by atomic mass is 9.78. The third-order valence-corrected chi connectivity index (χ3v) is 3.39. The average Bonchev–Trinajstić information content (AvgIpc) is 2.20. The summed E-state index contributed by atoms with van der Waals surface area (Å²) in [6, 6.07) is 2.17. The van der Waals surface area contributed by atoms with Crippen molar-refractivity contribution in [3.63, 3.8) is 0 Å². The number of halogens is 1. The molecule has 2 atom stereocenters. The molecule has 0 spiro atoms. The summed E-state index contributed by atoms with van der Waals surface area (Å²) in [6.45, 7) is 1.13. The summed E-state index contributed by atoms with van der Waals surface area (Å²) in [5, 5.41) is 3.41. The molecule has 2 heterocycles. The van der Waals surface area contributed by atoms with Gasteiger partial charge in [0.1, 0.15) is 5.82 Å². The van der Waals surface area contributed by atoms with Crippen molar-refractivity contribution in [3.05, 3.63) is 35.9 Å². The Bertz CT molecular complexity index is 414. The number of hydrogen-bond acceptors (Lipinski definition) is 2. The smallest absolute Gasteiger partial charge is 0.142 e. The van der Waals surface area contributed by atoms with Gasteiger partial charge in [0.15, 0.2) is 0 Å². The van der Waals surface area contributed by atoms with E-state index in [-0.39, 0.29) is 5.82 Å². The van der Waals surface area contributed by atoms with E-state index in [2.05, 4.69) is 16.4 Å². The number of nitrogens with one attached hydrogen (secondary N) is 1. The normalized spacial score (nSPS) is 29.0. The number of allylic oxidation sites excluding steroid dienone is 1. The first-order valence-electron chi connectivity index (χ1n) is 5.36. The Morgan fingerprint density at radius 3 is 3.00 bits per heavy atom. The molecule has 1 aliphatic carbocycles. The van der Waals surface area contributed by atoms with Crippen LogP contribution in [0, 0.1) is 11.7 Å². The van der Waals surface area contributed by atoms with Crippen molar-refractivity contribution in [2.75, 3.05) is 6.54 Å². The average molecular weight is 204 g/mol. The molecule has 0 bridgehead atoms. The molecule has 2 aliphatic rings. The summed E-state index contributed by atoms with van der Waals surface area (Å²) in [6.07, 6.45) is 7.35. The molecule has 0 amide bonds. The van der Waals surface area contributed by atoms with Gasteiger partial charge in [0.05, 0.1) is 6.20 Å². The van der Waals surface area contributed by atoms with Gasteiger partial charge in [-0.3, -0.25) is 4.98 Å². The fourth-order valence-corrected chi connectivity index (χ4v) is 2.37. The van der Waals surface area contributed by atoms with Crippen molar-refractivity contribution in [1.82, 2.24) is 10.3 Å². The molecule has 3 rings (SSSR count). The van der Waals surface area contributed by atoms with Crippen molar-refractivity contribution < 1.29 is 4.39 Å². The molecule has 0 aromatic carbocycles. The summed E-state index contributed by atoms with van der Waals surface area (Å²) in [5.41, 5.74) is 2.16. The second kappa shape index (κ2) is 3.42. The van der Waals surface area contributed by atoms with Crippen LogP contribution in [-0.2, 0) is 0 Å². The molecule has 2 nitrogen and oxygen atoms in total. The maximum atomic E-state index is 13.0. The van der Waals surface area contributed by atoms with Gasteiger partial charge in [0.2, 0.25) is 0 Å². The van der Waals surface area contributed by atoms with Crippen molar-refractivity contribution in [2.45, 2.75) is 18.9 Å². The molecular formula is C12H13FN2.